The summed E-state index contributed by atoms with van der Waals surface area (Å²) in [6.45, 7) is 3.99. The van der Waals surface area contributed by atoms with Crippen LogP contribution in [0.2, 0.25) is 0 Å². The lowest BCUT2D eigenvalue weighted by Crippen LogP contribution is -2.38. The van der Waals surface area contributed by atoms with Gasteiger partial charge in [0.25, 0.3) is 0 Å². The molecule has 0 saturated carbocycles. The molecule has 0 aliphatic heterocycles. The van der Waals surface area contributed by atoms with Crippen molar-refractivity contribution in [2.45, 2.75) is 19.9 Å². The molecule has 1 aromatic heterocycles. The zero-order valence-corrected chi connectivity index (χ0v) is 20.7. The second kappa shape index (κ2) is 12.3. The average Bonchev–Trinajstić information content (AvgIpc) is 3.19. The molecule has 2 N–H and O–H groups in total. The maximum Gasteiger partial charge on any atom is 0.203 e. The summed E-state index contributed by atoms with van der Waals surface area (Å²) >= 11 is 0. The molecule has 0 bridgehead atoms. The number of para-hydroxylation sites is 1. The van der Waals surface area contributed by atoms with E-state index in [0.29, 0.717) is 30.3 Å². The van der Waals surface area contributed by atoms with Crippen molar-refractivity contribution in [3.8, 4) is 17.2 Å². The average molecular weight is 539 g/mol. The number of fused-ring (bicyclic) bond motifs is 1. The summed E-state index contributed by atoms with van der Waals surface area (Å²) in [5.41, 5.74) is 1.87. The van der Waals surface area contributed by atoms with Crippen LogP contribution in [-0.4, -0.2) is 40.4 Å². The van der Waals surface area contributed by atoms with Gasteiger partial charge in [-0.05, 0) is 36.8 Å². The molecule has 31 heavy (non-hydrogen) atoms. The molecule has 1 heterocycles. The van der Waals surface area contributed by atoms with Crippen LogP contribution in [0.5, 0.6) is 17.2 Å². The minimum absolute atomic E-state index is 0. The van der Waals surface area contributed by atoms with Crippen LogP contribution in [0.1, 0.15) is 18.2 Å². The number of furan rings is 1. The van der Waals surface area contributed by atoms with E-state index < -0.39 is 0 Å². The van der Waals surface area contributed by atoms with E-state index in [4.69, 9.17) is 18.6 Å². The van der Waals surface area contributed by atoms with Gasteiger partial charge in [-0.3, -0.25) is 0 Å². The van der Waals surface area contributed by atoms with E-state index in [2.05, 4.69) is 27.8 Å². The highest BCUT2D eigenvalue weighted by Gasteiger charge is 2.13. The van der Waals surface area contributed by atoms with Gasteiger partial charge >= 0.3 is 0 Å². The van der Waals surface area contributed by atoms with Crippen molar-refractivity contribution in [1.29, 1.82) is 0 Å². The van der Waals surface area contributed by atoms with E-state index in [9.17, 15) is 0 Å². The Bertz CT molecular complexity index is 945. The summed E-state index contributed by atoms with van der Waals surface area (Å²) in [4.78, 5) is 4.68. The van der Waals surface area contributed by atoms with Crippen LogP contribution in [0.4, 0.5) is 0 Å². The van der Waals surface area contributed by atoms with Gasteiger partial charge in [-0.25, -0.2) is 4.99 Å². The first-order valence-corrected chi connectivity index (χ1v) is 9.97. The highest BCUT2D eigenvalue weighted by atomic mass is 127. The fourth-order valence-corrected chi connectivity index (χ4v) is 3.20. The third-order valence-corrected chi connectivity index (χ3v) is 4.63. The smallest absolute Gasteiger partial charge is 0.203 e. The van der Waals surface area contributed by atoms with Crippen molar-refractivity contribution >= 4 is 40.9 Å². The third kappa shape index (κ3) is 6.43. The molecule has 2 aromatic carbocycles. The minimum Gasteiger partial charge on any atom is -0.493 e. The minimum atomic E-state index is 0. The third-order valence-electron chi connectivity index (χ3n) is 4.63. The molecule has 0 fully saturated rings. The number of methoxy groups -OCH3 is 3. The Kier molecular flexibility index (Phi) is 9.77. The Hall–Kier alpha value is -2.62. The van der Waals surface area contributed by atoms with Crippen molar-refractivity contribution in [2.24, 2.45) is 4.99 Å². The molecule has 3 rings (SSSR count). The number of ether oxygens (including phenoxy) is 3. The number of aliphatic imine (C=N–C) groups is 1. The largest absolute Gasteiger partial charge is 0.493 e. The molecule has 3 aromatic rings. The number of halogens is 1. The molecule has 0 amide bonds. The molecule has 7 nitrogen and oxygen atoms in total. The number of rotatable bonds is 9. The van der Waals surface area contributed by atoms with Gasteiger partial charge in [0.15, 0.2) is 17.5 Å². The van der Waals surface area contributed by atoms with Crippen molar-refractivity contribution in [3.05, 3.63) is 53.8 Å². The molecule has 0 spiro atoms. The van der Waals surface area contributed by atoms with E-state index in [0.717, 1.165) is 41.2 Å². The number of nitrogens with zero attached hydrogens (tertiary/aromatic N) is 1. The van der Waals surface area contributed by atoms with Crippen LogP contribution < -0.4 is 24.8 Å². The van der Waals surface area contributed by atoms with Crippen molar-refractivity contribution < 1.29 is 18.6 Å². The molecule has 8 heteroatoms. The molecule has 0 saturated heterocycles. The summed E-state index contributed by atoms with van der Waals surface area (Å²) in [5, 5.41) is 7.74. The van der Waals surface area contributed by atoms with Crippen LogP contribution in [0, 0.1) is 0 Å². The topological polar surface area (TPSA) is 77.3 Å². The number of benzene rings is 2. The monoisotopic (exact) mass is 539 g/mol. The molecular formula is C23H30IN3O4. The predicted molar refractivity (Wildman–Crippen MR) is 134 cm³/mol. The number of nitrogens with one attached hydrogen (secondary N) is 2. The van der Waals surface area contributed by atoms with E-state index in [1.54, 1.807) is 21.3 Å². The Morgan fingerprint density at radius 2 is 1.68 bits per heavy atom. The lowest BCUT2D eigenvalue weighted by atomic mass is 10.2. The Morgan fingerprint density at radius 1 is 0.968 bits per heavy atom. The summed E-state index contributed by atoms with van der Waals surface area (Å²) in [6, 6.07) is 13.9. The van der Waals surface area contributed by atoms with Gasteiger partial charge in [0.1, 0.15) is 11.3 Å². The second-order valence-corrected chi connectivity index (χ2v) is 6.66. The zero-order valence-electron chi connectivity index (χ0n) is 18.4. The molecule has 0 aliphatic rings. The highest BCUT2D eigenvalue weighted by molar-refractivity contribution is 14.0. The standard InChI is InChI=1S/C23H29N3O4.HI/c1-5-24-23(25-11-10-18-14-17-8-6-7-9-19(17)30-18)26-15-16-12-20(27-2)22(29-4)21(13-16)28-3;/h6-9,12-14H,5,10-11,15H2,1-4H3,(H2,24,25,26);1H. The van der Waals surface area contributed by atoms with E-state index >= 15 is 0 Å². The van der Waals surface area contributed by atoms with Crippen molar-refractivity contribution in [1.82, 2.24) is 10.6 Å². The first-order valence-electron chi connectivity index (χ1n) is 9.97. The van der Waals surface area contributed by atoms with Gasteiger partial charge in [-0.15, -0.1) is 24.0 Å². The van der Waals surface area contributed by atoms with Gasteiger partial charge in [-0.1, -0.05) is 18.2 Å². The van der Waals surface area contributed by atoms with Gasteiger partial charge in [-0.2, -0.15) is 0 Å². The van der Waals surface area contributed by atoms with Crippen LogP contribution in [0.3, 0.4) is 0 Å². The maximum atomic E-state index is 5.87. The Morgan fingerprint density at radius 3 is 2.29 bits per heavy atom. The number of hydrogen-bond acceptors (Lipinski definition) is 5. The van der Waals surface area contributed by atoms with Crippen molar-refractivity contribution in [3.63, 3.8) is 0 Å². The molecular weight excluding hydrogens is 509 g/mol. The van der Waals surface area contributed by atoms with Crippen molar-refractivity contribution in [2.75, 3.05) is 34.4 Å². The predicted octanol–water partition coefficient (Wildman–Crippen LogP) is 4.37. The van der Waals surface area contributed by atoms with Crippen LogP contribution >= 0.6 is 24.0 Å². The van der Waals surface area contributed by atoms with E-state index in [-0.39, 0.29) is 24.0 Å². The molecule has 168 valence electrons. The first kappa shape index (κ1) is 24.6. The summed E-state index contributed by atoms with van der Waals surface area (Å²) in [5.74, 6) is 3.49. The first-order chi connectivity index (χ1) is 14.7. The lowest BCUT2D eigenvalue weighted by Gasteiger charge is -2.14. The Labute approximate surface area is 200 Å². The van der Waals surface area contributed by atoms with Gasteiger partial charge in [0.05, 0.1) is 27.9 Å². The van der Waals surface area contributed by atoms with Crippen LogP contribution in [0.25, 0.3) is 11.0 Å². The van der Waals surface area contributed by atoms with E-state index in [1.807, 2.05) is 37.3 Å². The molecule has 0 unspecified atom stereocenters. The van der Waals surface area contributed by atoms with Crippen LogP contribution in [0.15, 0.2) is 51.9 Å². The van der Waals surface area contributed by atoms with E-state index in [1.165, 1.54) is 0 Å². The quantitative estimate of drug-likeness (QED) is 0.239. The van der Waals surface area contributed by atoms with Crippen LogP contribution in [-0.2, 0) is 13.0 Å². The fourth-order valence-electron chi connectivity index (χ4n) is 3.20. The fraction of sp³-hybridized carbons (Fsp3) is 0.348. The van der Waals surface area contributed by atoms with Gasteiger partial charge in [0, 0.05) is 24.9 Å². The molecule has 0 atom stereocenters. The summed E-state index contributed by atoms with van der Waals surface area (Å²) in [7, 11) is 4.80. The zero-order chi connectivity index (χ0) is 21.3. The Balaban J connectivity index is 0.00000341. The lowest BCUT2D eigenvalue weighted by molar-refractivity contribution is 0.324. The number of guanidine groups is 1. The van der Waals surface area contributed by atoms with Gasteiger partial charge in [0.2, 0.25) is 5.75 Å². The van der Waals surface area contributed by atoms with Gasteiger partial charge < -0.3 is 29.3 Å². The SMILES string of the molecule is CCNC(=NCc1cc(OC)c(OC)c(OC)c1)NCCc1cc2ccccc2o1.I. The molecule has 0 aliphatic carbocycles. The molecule has 0 radical (unpaired) electrons. The second-order valence-electron chi connectivity index (χ2n) is 6.66. The summed E-state index contributed by atoms with van der Waals surface area (Å²) in [6.07, 6.45) is 0.767. The summed E-state index contributed by atoms with van der Waals surface area (Å²) < 4.78 is 22.1. The highest BCUT2D eigenvalue weighted by Crippen LogP contribution is 2.38. The normalized spacial score (nSPS) is 11.0. The number of hydrogen-bond donors (Lipinski definition) is 2. The maximum absolute atomic E-state index is 5.87.